The maximum atomic E-state index is 13.0. The quantitative estimate of drug-likeness (QED) is 0.715. The van der Waals surface area contributed by atoms with Gasteiger partial charge >= 0.3 is 0 Å². The van der Waals surface area contributed by atoms with Crippen LogP contribution in [0.2, 0.25) is 0 Å². The minimum atomic E-state index is -0.593. The number of piperazine rings is 1. The highest BCUT2D eigenvalue weighted by atomic mass is 16.2. The number of aromatic nitrogens is 2. The first kappa shape index (κ1) is 17.9. The topological polar surface area (TPSA) is 64.9 Å². The number of nitrogens with zero attached hydrogens (tertiary/aromatic N) is 6. The predicted octanol–water partition coefficient (Wildman–Crippen LogP) is -0.773. The largest absolute Gasteiger partial charge is 0.348 e. The number of aryl methyl sites for hydroxylation is 1. The number of likely N-dealkylation sites (N-methyl/N-ethyl adjacent to an activating group) is 2. The summed E-state index contributed by atoms with van der Waals surface area (Å²) in [5, 5.41) is 0. The van der Waals surface area contributed by atoms with Crippen molar-refractivity contribution in [3.05, 3.63) is 18.2 Å². The van der Waals surface area contributed by atoms with Crippen LogP contribution in [0.3, 0.4) is 0 Å². The van der Waals surface area contributed by atoms with Crippen LogP contribution in [-0.4, -0.2) is 100 Å². The molecule has 8 nitrogen and oxygen atoms in total. The summed E-state index contributed by atoms with van der Waals surface area (Å²) in [7, 11) is 7.36. The summed E-state index contributed by atoms with van der Waals surface area (Å²) in [6.07, 6.45) is 4.48. The van der Waals surface area contributed by atoms with E-state index < -0.39 is 5.54 Å². The monoisotopic (exact) mass is 348 g/mol. The van der Waals surface area contributed by atoms with Crippen molar-refractivity contribution in [2.75, 3.05) is 53.9 Å². The van der Waals surface area contributed by atoms with Crippen LogP contribution in [0.15, 0.2) is 12.4 Å². The smallest absolute Gasteiger partial charge is 0.244 e. The molecule has 2 aliphatic rings. The van der Waals surface area contributed by atoms with Gasteiger partial charge in [-0.15, -0.1) is 0 Å². The van der Waals surface area contributed by atoms with Crippen LogP contribution in [0.5, 0.6) is 0 Å². The molecule has 1 aromatic rings. The maximum absolute atomic E-state index is 13.0. The van der Waals surface area contributed by atoms with Crippen LogP contribution in [0.25, 0.3) is 0 Å². The van der Waals surface area contributed by atoms with Crippen molar-refractivity contribution >= 4 is 11.8 Å². The summed E-state index contributed by atoms with van der Waals surface area (Å²) >= 11 is 0. The van der Waals surface area contributed by atoms with Crippen molar-refractivity contribution in [1.82, 2.24) is 29.2 Å². The van der Waals surface area contributed by atoms with Crippen LogP contribution in [0.4, 0.5) is 0 Å². The second-order valence-electron chi connectivity index (χ2n) is 7.38. The molecule has 2 fully saturated rings. The minimum absolute atomic E-state index is 0.0410. The first-order chi connectivity index (χ1) is 11.8. The van der Waals surface area contributed by atoms with Crippen molar-refractivity contribution in [3.8, 4) is 0 Å². The molecule has 0 bridgehead atoms. The average Bonchev–Trinajstić information content (AvgIpc) is 3.16. The second-order valence-corrected chi connectivity index (χ2v) is 7.38. The maximum Gasteiger partial charge on any atom is 0.244 e. The van der Waals surface area contributed by atoms with E-state index >= 15 is 0 Å². The zero-order valence-corrected chi connectivity index (χ0v) is 15.6. The number of hydrogen-bond donors (Lipinski definition) is 0. The Bertz CT molecular complexity index is 657. The third kappa shape index (κ3) is 3.28. The van der Waals surface area contributed by atoms with Gasteiger partial charge in [0.1, 0.15) is 11.4 Å². The van der Waals surface area contributed by atoms with Gasteiger partial charge in [0.05, 0.1) is 13.1 Å². The van der Waals surface area contributed by atoms with E-state index in [0.29, 0.717) is 19.6 Å². The van der Waals surface area contributed by atoms with E-state index in [4.69, 9.17) is 0 Å². The molecule has 138 valence electrons. The number of amides is 2. The Labute approximate surface area is 149 Å². The Hall–Kier alpha value is -1.93. The number of rotatable bonds is 4. The molecule has 1 aromatic heterocycles. The van der Waals surface area contributed by atoms with Crippen molar-refractivity contribution in [1.29, 1.82) is 0 Å². The molecular formula is C17H28N6O2. The first-order valence-corrected chi connectivity index (χ1v) is 8.73. The van der Waals surface area contributed by atoms with Gasteiger partial charge in [-0.3, -0.25) is 19.4 Å². The molecule has 1 spiro atoms. The van der Waals surface area contributed by atoms with Crippen LogP contribution < -0.4 is 0 Å². The molecule has 0 radical (unpaired) electrons. The van der Waals surface area contributed by atoms with Crippen LogP contribution >= 0.6 is 0 Å². The standard InChI is InChI=1S/C17H28N6O2/c1-19(2)15(24)12-23-10-9-21(4)16(25)17(23)5-7-22(13-17)11-14-18-6-8-20(14)3/h6,8H,5,7,9-13H2,1-4H3/t17-/m0/s1. The van der Waals surface area contributed by atoms with E-state index in [1.165, 1.54) is 0 Å². The SMILES string of the molecule is CN(C)C(=O)CN1CCN(C)C(=O)[C@@]12CCN(Cc1nccn1C)C2. The summed E-state index contributed by atoms with van der Waals surface area (Å²) in [6.45, 7) is 3.89. The van der Waals surface area contributed by atoms with E-state index in [2.05, 4.69) is 14.8 Å². The number of imidazole rings is 1. The summed E-state index contributed by atoms with van der Waals surface area (Å²) in [4.78, 5) is 37.4. The molecule has 2 amide bonds. The Morgan fingerprint density at radius 1 is 1.28 bits per heavy atom. The van der Waals surface area contributed by atoms with E-state index in [-0.39, 0.29) is 11.8 Å². The van der Waals surface area contributed by atoms with Gasteiger partial charge in [-0.05, 0) is 6.42 Å². The Morgan fingerprint density at radius 2 is 2.04 bits per heavy atom. The lowest BCUT2D eigenvalue weighted by molar-refractivity contribution is -0.151. The van der Waals surface area contributed by atoms with Crippen molar-refractivity contribution in [3.63, 3.8) is 0 Å². The highest BCUT2D eigenvalue weighted by molar-refractivity contribution is 5.89. The van der Waals surface area contributed by atoms with Gasteiger partial charge in [0.25, 0.3) is 0 Å². The molecule has 2 saturated heterocycles. The molecule has 2 aliphatic heterocycles. The Morgan fingerprint density at radius 3 is 2.68 bits per heavy atom. The molecular weight excluding hydrogens is 320 g/mol. The van der Waals surface area contributed by atoms with Crippen LogP contribution in [0.1, 0.15) is 12.2 Å². The van der Waals surface area contributed by atoms with Gasteiger partial charge in [0, 0.05) is 66.8 Å². The lowest BCUT2D eigenvalue weighted by Crippen LogP contribution is -2.67. The fraction of sp³-hybridized carbons (Fsp3) is 0.706. The summed E-state index contributed by atoms with van der Waals surface area (Å²) in [5.41, 5.74) is -0.593. The first-order valence-electron chi connectivity index (χ1n) is 8.73. The van der Waals surface area contributed by atoms with Gasteiger partial charge in [-0.25, -0.2) is 4.98 Å². The van der Waals surface area contributed by atoms with Gasteiger partial charge in [-0.1, -0.05) is 0 Å². The van der Waals surface area contributed by atoms with Crippen molar-refractivity contribution < 1.29 is 9.59 Å². The molecule has 0 aliphatic carbocycles. The normalized spacial score (nSPS) is 25.1. The average molecular weight is 348 g/mol. The van der Waals surface area contributed by atoms with E-state index in [1.807, 2.05) is 24.9 Å². The second kappa shape index (κ2) is 6.76. The van der Waals surface area contributed by atoms with Crippen LogP contribution in [-0.2, 0) is 23.2 Å². The van der Waals surface area contributed by atoms with Gasteiger partial charge in [-0.2, -0.15) is 0 Å². The Balaban J connectivity index is 1.78. The molecule has 25 heavy (non-hydrogen) atoms. The highest BCUT2D eigenvalue weighted by Gasteiger charge is 2.52. The van der Waals surface area contributed by atoms with Gasteiger partial charge < -0.3 is 14.4 Å². The predicted molar refractivity (Wildman–Crippen MR) is 93.7 cm³/mol. The summed E-state index contributed by atoms with van der Waals surface area (Å²) in [6, 6.07) is 0. The van der Waals surface area contributed by atoms with Crippen molar-refractivity contribution in [2.45, 2.75) is 18.5 Å². The van der Waals surface area contributed by atoms with Gasteiger partial charge in [0.2, 0.25) is 11.8 Å². The van der Waals surface area contributed by atoms with Gasteiger partial charge in [0.15, 0.2) is 0 Å². The van der Waals surface area contributed by atoms with E-state index in [9.17, 15) is 9.59 Å². The summed E-state index contributed by atoms with van der Waals surface area (Å²) in [5.74, 6) is 1.16. The molecule has 0 unspecified atom stereocenters. The Kier molecular flexibility index (Phi) is 4.83. The summed E-state index contributed by atoms with van der Waals surface area (Å²) < 4.78 is 2.01. The number of hydrogen-bond acceptors (Lipinski definition) is 5. The fourth-order valence-corrected chi connectivity index (χ4v) is 3.80. The third-order valence-electron chi connectivity index (χ3n) is 5.49. The molecule has 3 heterocycles. The molecule has 1 atom stereocenters. The minimum Gasteiger partial charge on any atom is -0.348 e. The molecule has 0 aromatic carbocycles. The zero-order chi connectivity index (χ0) is 18.2. The lowest BCUT2D eigenvalue weighted by Gasteiger charge is -2.46. The number of carbonyl (C=O) groups is 2. The van der Waals surface area contributed by atoms with Crippen LogP contribution in [0, 0.1) is 0 Å². The van der Waals surface area contributed by atoms with Crippen molar-refractivity contribution in [2.24, 2.45) is 7.05 Å². The van der Waals surface area contributed by atoms with E-state index in [1.54, 1.807) is 30.1 Å². The molecule has 0 N–H and O–H groups in total. The fourth-order valence-electron chi connectivity index (χ4n) is 3.80. The molecule has 0 saturated carbocycles. The zero-order valence-electron chi connectivity index (χ0n) is 15.6. The lowest BCUT2D eigenvalue weighted by atomic mass is 9.91. The van der Waals surface area contributed by atoms with E-state index in [0.717, 1.165) is 31.9 Å². The highest BCUT2D eigenvalue weighted by Crippen LogP contribution is 2.33. The molecule has 3 rings (SSSR count). The number of likely N-dealkylation sites (tertiary alicyclic amines) is 1. The number of carbonyl (C=O) groups excluding carboxylic acids is 2. The molecule has 8 heteroatoms. The third-order valence-corrected chi connectivity index (χ3v) is 5.49.